The van der Waals surface area contributed by atoms with Crippen LogP contribution in [0.1, 0.15) is 52.6 Å². The fourth-order valence-electron chi connectivity index (χ4n) is 6.38. The maximum atomic E-state index is 13.8. The standard InChI is InChI=1S/C37H30N4O10/c42-19-22(17-38-27(36(48)49)15-20-7-3-1-4-8-20)41-34(46)25-13-11-23-30-24(12-14-26(31(25)30)35(41)47)33(45)40(32(23)44)18-29(43)39-28(37(50)51)16-21-9-5-2-6-10-21/h1-14,19,22,27-28,38H,15-18H2,(H,39,43)(H,48,49)(H,50,51)/t22?,27-,28-/m0/s1. The van der Waals surface area contributed by atoms with E-state index < -0.39 is 66.1 Å². The number of amides is 5. The molecule has 6 rings (SSSR count). The third-order valence-electron chi connectivity index (χ3n) is 8.87. The zero-order valence-electron chi connectivity index (χ0n) is 26.8. The first-order chi connectivity index (χ1) is 24.5. The van der Waals surface area contributed by atoms with Gasteiger partial charge in [-0.25, -0.2) is 4.79 Å². The molecular formula is C37H30N4O10. The lowest BCUT2D eigenvalue weighted by Crippen LogP contribution is -2.54. The molecule has 0 bridgehead atoms. The minimum absolute atomic E-state index is 0.0279. The van der Waals surface area contributed by atoms with Crippen LogP contribution in [0.4, 0.5) is 0 Å². The number of rotatable bonds is 14. The van der Waals surface area contributed by atoms with Gasteiger partial charge >= 0.3 is 11.9 Å². The fourth-order valence-corrected chi connectivity index (χ4v) is 6.38. The predicted octanol–water partition coefficient (Wildman–Crippen LogP) is 1.70. The molecule has 0 radical (unpaired) electrons. The van der Waals surface area contributed by atoms with Crippen molar-refractivity contribution in [2.24, 2.45) is 0 Å². The summed E-state index contributed by atoms with van der Waals surface area (Å²) in [4.78, 5) is 105. The number of imide groups is 2. The third kappa shape index (κ3) is 6.59. The van der Waals surface area contributed by atoms with Gasteiger partial charge in [0.15, 0.2) is 0 Å². The van der Waals surface area contributed by atoms with Gasteiger partial charge in [-0.15, -0.1) is 0 Å². The maximum absolute atomic E-state index is 13.8. The van der Waals surface area contributed by atoms with Gasteiger partial charge in [-0.3, -0.25) is 38.6 Å². The van der Waals surface area contributed by atoms with Gasteiger partial charge < -0.3 is 25.6 Å². The number of nitrogens with zero attached hydrogens (tertiary/aromatic N) is 2. The molecule has 2 aliphatic rings. The first-order valence-corrected chi connectivity index (χ1v) is 15.9. The Kier molecular flexibility index (Phi) is 9.51. The SMILES string of the molecule is O=CC(CN[C@@H](Cc1ccccc1)C(=O)O)N1C(=O)c2ccc3c4c(ccc(c24)C1=O)C(=O)N(CC(=O)N[C@@H](Cc1ccccc1)C(=O)O)C3=O. The molecule has 14 heteroatoms. The van der Waals surface area contributed by atoms with Gasteiger partial charge in [0, 0.05) is 46.0 Å². The molecule has 0 aliphatic carbocycles. The zero-order valence-corrected chi connectivity index (χ0v) is 26.8. The van der Waals surface area contributed by atoms with E-state index in [0.717, 1.165) is 10.5 Å². The molecule has 0 saturated carbocycles. The molecule has 0 aromatic heterocycles. The Morgan fingerprint density at radius 2 is 1.06 bits per heavy atom. The van der Waals surface area contributed by atoms with E-state index in [0.29, 0.717) is 16.7 Å². The highest BCUT2D eigenvalue weighted by atomic mass is 16.4. The Bertz CT molecular complexity index is 2050. The molecule has 1 unspecified atom stereocenters. The summed E-state index contributed by atoms with van der Waals surface area (Å²) in [5.41, 5.74) is 1.11. The first kappa shape index (κ1) is 34.3. The minimum atomic E-state index is -1.40. The van der Waals surface area contributed by atoms with Crippen LogP contribution in [0.5, 0.6) is 0 Å². The summed E-state index contributed by atoms with van der Waals surface area (Å²) in [6, 6.07) is 18.6. The normalized spacial score (nSPS) is 15.4. The van der Waals surface area contributed by atoms with E-state index in [1.807, 2.05) is 0 Å². The quantitative estimate of drug-likeness (QED) is 0.111. The van der Waals surface area contributed by atoms with Crippen molar-refractivity contribution in [3.63, 3.8) is 0 Å². The summed E-state index contributed by atoms with van der Waals surface area (Å²) in [6.45, 7) is -1.15. The molecule has 0 fully saturated rings. The highest BCUT2D eigenvalue weighted by Crippen LogP contribution is 2.38. The summed E-state index contributed by atoms with van der Waals surface area (Å²) < 4.78 is 0. The van der Waals surface area contributed by atoms with Crippen molar-refractivity contribution in [2.75, 3.05) is 13.1 Å². The highest BCUT2D eigenvalue weighted by Gasteiger charge is 2.42. The van der Waals surface area contributed by atoms with Gasteiger partial charge in [0.2, 0.25) is 5.91 Å². The Morgan fingerprint density at radius 3 is 1.49 bits per heavy atom. The maximum Gasteiger partial charge on any atom is 0.326 e. The van der Waals surface area contributed by atoms with Gasteiger partial charge in [0.05, 0.1) is 0 Å². The average molecular weight is 691 g/mol. The number of carboxylic acids is 2. The highest BCUT2D eigenvalue weighted by molar-refractivity contribution is 6.33. The lowest BCUT2D eigenvalue weighted by molar-refractivity contribution is -0.141. The molecule has 258 valence electrons. The molecule has 4 aromatic rings. The number of aliphatic carboxylic acids is 2. The Balaban J connectivity index is 1.23. The van der Waals surface area contributed by atoms with Crippen LogP contribution in [-0.2, 0) is 32.0 Å². The van der Waals surface area contributed by atoms with Crippen LogP contribution in [0.3, 0.4) is 0 Å². The van der Waals surface area contributed by atoms with Crippen LogP contribution in [0.2, 0.25) is 0 Å². The van der Waals surface area contributed by atoms with E-state index in [-0.39, 0.29) is 52.4 Å². The van der Waals surface area contributed by atoms with Gasteiger partial charge in [0.1, 0.15) is 31.0 Å². The number of hydrogen-bond donors (Lipinski definition) is 4. The molecule has 5 amide bonds. The zero-order chi connectivity index (χ0) is 36.4. The molecule has 4 aromatic carbocycles. The number of hydrogen-bond acceptors (Lipinski definition) is 9. The Labute approximate surface area is 289 Å². The molecule has 2 aliphatic heterocycles. The predicted molar refractivity (Wildman–Crippen MR) is 179 cm³/mol. The summed E-state index contributed by atoms with van der Waals surface area (Å²) in [5, 5.41) is 24.6. The van der Waals surface area contributed by atoms with Crippen molar-refractivity contribution in [3.05, 3.63) is 118 Å². The average Bonchev–Trinajstić information content (AvgIpc) is 3.12. The monoisotopic (exact) mass is 690 g/mol. The number of carbonyl (C=O) groups is 8. The second-order valence-corrected chi connectivity index (χ2v) is 12.1. The van der Waals surface area contributed by atoms with Crippen LogP contribution in [-0.4, -0.2) is 99.0 Å². The smallest absolute Gasteiger partial charge is 0.326 e. The van der Waals surface area contributed by atoms with Crippen molar-refractivity contribution in [2.45, 2.75) is 31.0 Å². The van der Waals surface area contributed by atoms with Crippen LogP contribution in [0.15, 0.2) is 84.9 Å². The molecule has 0 spiro atoms. The second-order valence-electron chi connectivity index (χ2n) is 12.1. The molecule has 14 nitrogen and oxygen atoms in total. The van der Waals surface area contributed by atoms with Crippen molar-refractivity contribution < 1.29 is 48.6 Å². The van der Waals surface area contributed by atoms with E-state index in [2.05, 4.69) is 10.6 Å². The number of aldehydes is 1. The topological polar surface area (TPSA) is 208 Å². The lowest BCUT2D eigenvalue weighted by Gasteiger charge is -2.34. The van der Waals surface area contributed by atoms with Gasteiger partial charge in [-0.1, -0.05) is 60.7 Å². The Hall–Kier alpha value is -6.54. The van der Waals surface area contributed by atoms with Crippen molar-refractivity contribution in [1.82, 2.24) is 20.4 Å². The largest absolute Gasteiger partial charge is 0.480 e. The van der Waals surface area contributed by atoms with Gasteiger partial charge in [-0.2, -0.15) is 0 Å². The van der Waals surface area contributed by atoms with Crippen molar-refractivity contribution in [1.29, 1.82) is 0 Å². The molecular weight excluding hydrogens is 660 g/mol. The van der Waals surface area contributed by atoms with E-state index in [1.54, 1.807) is 60.7 Å². The second kappa shape index (κ2) is 14.1. The van der Waals surface area contributed by atoms with E-state index >= 15 is 0 Å². The Morgan fingerprint density at radius 1 is 0.627 bits per heavy atom. The molecule has 2 heterocycles. The van der Waals surface area contributed by atoms with Crippen LogP contribution in [0.25, 0.3) is 10.8 Å². The summed E-state index contributed by atoms with van der Waals surface area (Å²) in [6.07, 6.45) is 0.403. The summed E-state index contributed by atoms with van der Waals surface area (Å²) in [5.74, 6) is -6.95. The van der Waals surface area contributed by atoms with Gasteiger partial charge in [-0.05, 0) is 41.8 Å². The molecule has 3 atom stereocenters. The first-order valence-electron chi connectivity index (χ1n) is 15.9. The van der Waals surface area contributed by atoms with Crippen molar-refractivity contribution in [3.8, 4) is 0 Å². The lowest BCUT2D eigenvalue weighted by atomic mass is 9.85. The summed E-state index contributed by atoms with van der Waals surface area (Å²) in [7, 11) is 0. The van der Waals surface area contributed by atoms with E-state index in [4.69, 9.17) is 0 Å². The number of nitrogens with one attached hydrogen (secondary N) is 2. The number of benzene rings is 4. The van der Waals surface area contributed by atoms with Crippen LogP contribution < -0.4 is 10.6 Å². The van der Waals surface area contributed by atoms with Crippen LogP contribution in [0, 0.1) is 0 Å². The van der Waals surface area contributed by atoms with E-state index in [1.165, 1.54) is 24.3 Å². The molecule has 0 saturated heterocycles. The molecule has 4 N–H and O–H groups in total. The molecule has 51 heavy (non-hydrogen) atoms. The van der Waals surface area contributed by atoms with Gasteiger partial charge in [0.25, 0.3) is 23.6 Å². The van der Waals surface area contributed by atoms with Crippen molar-refractivity contribution >= 4 is 58.5 Å². The number of carboxylic acid groups (broad SMARTS) is 2. The van der Waals surface area contributed by atoms with E-state index in [9.17, 15) is 48.6 Å². The fraction of sp³-hybridized carbons (Fsp3) is 0.189. The summed E-state index contributed by atoms with van der Waals surface area (Å²) >= 11 is 0. The number of carbonyl (C=O) groups excluding carboxylic acids is 6. The van der Waals surface area contributed by atoms with Crippen LogP contribution >= 0.6 is 0 Å². The minimum Gasteiger partial charge on any atom is -0.480 e. The third-order valence-corrected chi connectivity index (χ3v) is 8.87.